The maximum absolute atomic E-state index is 12.5. The van der Waals surface area contributed by atoms with Gasteiger partial charge in [0.25, 0.3) is 0 Å². The summed E-state index contributed by atoms with van der Waals surface area (Å²) in [4.78, 5) is 1.80. The highest BCUT2D eigenvalue weighted by Crippen LogP contribution is 2.30. The van der Waals surface area contributed by atoms with E-state index in [4.69, 9.17) is 0 Å². The normalized spacial score (nSPS) is 16.0. The molecule has 0 radical (unpaired) electrons. The van der Waals surface area contributed by atoms with Gasteiger partial charge in [0.2, 0.25) is 0 Å². The van der Waals surface area contributed by atoms with Crippen LogP contribution >= 0.6 is 0 Å². The van der Waals surface area contributed by atoms with E-state index in [2.05, 4.69) is 22.4 Å². The van der Waals surface area contributed by atoms with Gasteiger partial charge in [0.05, 0.1) is 5.69 Å². The molecule has 0 aromatic carbocycles. The van der Waals surface area contributed by atoms with Crippen LogP contribution in [0.25, 0.3) is 0 Å². The summed E-state index contributed by atoms with van der Waals surface area (Å²) in [7, 11) is 0. The van der Waals surface area contributed by atoms with Gasteiger partial charge in [-0.15, -0.1) is 5.10 Å². The molecule has 0 saturated heterocycles. The van der Waals surface area contributed by atoms with E-state index in [1.165, 1.54) is 6.08 Å². The number of aromatic nitrogens is 2. The minimum Gasteiger partial charge on any atom is -0.351 e. The van der Waals surface area contributed by atoms with Crippen LogP contribution in [0.3, 0.4) is 0 Å². The highest BCUT2D eigenvalue weighted by Gasteiger charge is 2.34. The van der Waals surface area contributed by atoms with Crippen LogP contribution in [-0.2, 0) is 6.54 Å². The number of hydrogen-bond donors (Lipinski definition) is 1. The Morgan fingerprint density at radius 1 is 1.29 bits per heavy atom. The number of nitrogens with one attached hydrogen (secondary N) is 1. The molecule has 4 nitrogen and oxygen atoms in total. The van der Waals surface area contributed by atoms with Crippen LogP contribution in [0.2, 0.25) is 0 Å². The lowest BCUT2D eigenvalue weighted by Crippen LogP contribution is -2.32. The summed E-state index contributed by atoms with van der Waals surface area (Å²) < 4.78 is 37.6. The smallest absolute Gasteiger partial charge is 0.351 e. The molecule has 116 valence electrons. The summed E-state index contributed by atoms with van der Waals surface area (Å²) in [6, 6.07) is 3.66. The van der Waals surface area contributed by atoms with Gasteiger partial charge in [-0.2, -0.15) is 18.3 Å². The molecule has 0 atom stereocenters. The molecule has 1 N–H and O–H groups in total. The van der Waals surface area contributed by atoms with Gasteiger partial charge < -0.3 is 10.2 Å². The second-order valence-electron chi connectivity index (χ2n) is 4.98. The van der Waals surface area contributed by atoms with Crippen LogP contribution in [0, 0.1) is 0 Å². The molecule has 0 bridgehead atoms. The minimum atomic E-state index is -4.22. The Morgan fingerprint density at radius 2 is 2.10 bits per heavy atom. The summed E-state index contributed by atoms with van der Waals surface area (Å²) in [5.41, 5.74) is 0.378. The largest absolute Gasteiger partial charge is 0.412 e. The van der Waals surface area contributed by atoms with Crippen molar-refractivity contribution >= 4 is 5.82 Å². The van der Waals surface area contributed by atoms with Gasteiger partial charge in [0.1, 0.15) is 0 Å². The molecule has 2 heterocycles. The predicted molar refractivity (Wildman–Crippen MR) is 75.0 cm³/mol. The van der Waals surface area contributed by atoms with Crippen molar-refractivity contribution in [3.05, 3.63) is 29.5 Å². The van der Waals surface area contributed by atoms with Crippen molar-refractivity contribution < 1.29 is 13.2 Å². The minimum absolute atomic E-state index is 0.00894. The Hall–Kier alpha value is -1.63. The van der Waals surface area contributed by atoms with Crippen LogP contribution < -0.4 is 10.2 Å². The Morgan fingerprint density at radius 3 is 2.62 bits per heavy atom. The SMILES string of the molecule is CCCNCc1ccc(N2CC=C(C(F)(F)F)CC2)nn1. The van der Waals surface area contributed by atoms with Crippen molar-refractivity contribution in [2.24, 2.45) is 0 Å². The van der Waals surface area contributed by atoms with Gasteiger partial charge >= 0.3 is 6.18 Å². The number of anilines is 1. The van der Waals surface area contributed by atoms with Crippen molar-refractivity contribution in [2.75, 3.05) is 24.5 Å². The number of rotatable bonds is 5. The molecule has 0 aliphatic carbocycles. The fraction of sp³-hybridized carbons (Fsp3) is 0.571. The lowest BCUT2D eigenvalue weighted by atomic mass is 10.1. The van der Waals surface area contributed by atoms with Crippen molar-refractivity contribution in [1.29, 1.82) is 0 Å². The van der Waals surface area contributed by atoms with Crippen LogP contribution in [0.15, 0.2) is 23.8 Å². The molecule has 0 fully saturated rings. The van der Waals surface area contributed by atoms with E-state index in [1.807, 2.05) is 12.1 Å². The first kappa shape index (κ1) is 15.8. The first-order chi connectivity index (χ1) is 10.0. The Bertz CT molecular complexity index is 482. The summed E-state index contributed by atoms with van der Waals surface area (Å²) in [5.74, 6) is 0.617. The molecule has 0 unspecified atom stereocenters. The Kier molecular flexibility index (Phi) is 5.17. The van der Waals surface area contributed by atoms with E-state index >= 15 is 0 Å². The summed E-state index contributed by atoms with van der Waals surface area (Å²) in [5, 5.41) is 11.4. The van der Waals surface area contributed by atoms with Gasteiger partial charge in [-0.25, -0.2) is 0 Å². The average molecular weight is 300 g/mol. The fourth-order valence-corrected chi connectivity index (χ4v) is 2.14. The molecule has 0 saturated carbocycles. The molecule has 2 rings (SSSR count). The second kappa shape index (κ2) is 6.89. The van der Waals surface area contributed by atoms with Gasteiger partial charge in [0, 0.05) is 25.2 Å². The van der Waals surface area contributed by atoms with Gasteiger partial charge in [-0.3, -0.25) is 0 Å². The molecule has 1 aliphatic rings. The molecular formula is C14H19F3N4. The van der Waals surface area contributed by atoms with Gasteiger partial charge in [-0.1, -0.05) is 13.0 Å². The first-order valence-corrected chi connectivity index (χ1v) is 7.05. The maximum atomic E-state index is 12.5. The third kappa shape index (κ3) is 4.42. The highest BCUT2D eigenvalue weighted by atomic mass is 19.4. The molecule has 21 heavy (non-hydrogen) atoms. The van der Waals surface area contributed by atoms with E-state index in [1.54, 1.807) is 4.90 Å². The summed E-state index contributed by atoms with van der Waals surface area (Å²) >= 11 is 0. The van der Waals surface area contributed by atoms with Crippen molar-refractivity contribution in [2.45, 2.75) is 32.5 Å². The van der Waals surface area contributed by atoms with E-state index in [0.29, 0.717) is 18.9 Å². The number of halogens is 3. The quantitative estimate of drug-likeness (QED) is 0.670. The zero-order valence-corrected chi connectivity index (χ0v) is 12.0. The summed E-state index contributed by atoms with van der Waals surface area (Å²) in [6.07, 6.45) is -1.95. The van der Waals surface area contributed by atoms with Crippen LogP contribution in [-0.4, -0.2) is 36.0 Å². The maximum Gasteiger partial charge on any atom is 0.412 e. The first-order valence-electron chi connectivity index (χ1n) is 7.05. The predicted octanol–water partition coefficient (Wildman–Crippen LogP) is 2.68. The third-order valence-corrected chi connectivity index (χ3v) is 3.34. The number of nitrogens with zero attached hydrogens (tertiary/aromatic N) is 3. The van der Waals surface area contributed by atoms with E-state index in [0.717, 1.165) is 18.7 Å². The fourth-order valence-electron chi connectivity index (χ4n) is 2.14. The van der Waals surface area contributed by atoms with Crippen molar-refractivity contribution in [3.63, 3.8) is 0 Å². The van der Waals surface area contributed by atoms with E-state index < -0.39 is 11.7 Å². The van der Waals surface area contributed by atoms with E-state index in [-0.39, 0.29) is 13.0 Å². The topological polar surface area (TPSA) is 41.0 Å². The molecule has 0 spiro atoms. The molecule has 1 aliphatic heterocycles. The van der Waals surface area contributed by atoms with Crippen LogP contribution in [0.5, 0.6) is 0 Å². The molecule has 1 aromatic rings. The number of hydrogen-bond acceptors (Lipinski definition) is 4. The van der Waals surface area contributed by atoms with Gasteiger partial charge in [0.15, 0.2) is 5.82 Å². The lowest BCUT2D eigenvalue weighted by molar-refractivity contribution is -0.0944. The van der Waals surface area contributed by atoms with Crippen molar-refractivity contribution in [1.82, 2.24) is 15.5 Å². The van der Waals surface area contributed by atoms with Gasteiger partial charge in [-0.05, 0) is 31.5 Å². The Balaban J connectivity index is 1.93. The molecular weight excluding hydrogens is 281 g/mol. The second-order valence-corrected chi connectivity index (χ2v) is 4.98. The number of alkyl halides is 3. The molecule has 7 heteroatoms. The zero-order chi connectivity index (χ0) is 15.3. The van der Waals surface area contributed by atoms with Crippen molar-refractivity contribution in [3.8, 4) is 0 Å². The monoisotopic (exact) mass is 300 g/mol. The molecule has 1 aromatic heterocycles. The van der Waals surface area contributed by atoms with E-state index in [9.17, 15) is 13.2 Å². The molecule has 0 amide bonds. The van der Waals surface area contributed by atoms with Crippen LogP contribution in [0.1, 0.15) is 25.5 Å². The lowest BCUT2D eigenvalue weighted by Gasteiger charge is -2.27. The Labute approximate surface area is 122 Å². The van der Waals surface area contributed by atoms with Crippen LogP contribution in [0.4, 0.5) is 19.0 Å². The third-order valence-electron chi connectivity index (χ3n) is 3.34. The summed E-state index contributed by atoms with van der Waals surface area (Å²) in [6.45, 7) is 4.19. The zero-order valence-electron chi connectivity index (χ0n) is 12.0. The highest BCUT2D eigenvalue weighted by molar-refractivity contribution is 5.40. The standard InChI is InChI=1S/C14H19F3N4/c1-2-7-18-10-12-3-4-13(20-19-12)21-8-5-11(6-9-21)14(15,16)17/h3-5,18H,2,6-10H2,1H3. The average Bonchev–Trinajstić information content (AvgIpc) is 2.48.